The molecule has 2 amide bonds. The number of carbonyl (C=O) groups is 2. The van der Waals surface area contributed by atoms with Gasteiger partial charge in [-0.1, -0.05) is 24.3 Å². The van der Waals surface area contributed by atoms with E-state index in [1.54, 1.807) is 31.2 Å². The molecule has 21 heavy (non-hydrogen) atoms. The van der Waals surface area contributed by atoms with Gasteiger partial charge in [-0.2, -0.15) is 5.06 Å². The normalized spacial score (nSPS) is 10.2. The summed E-state index contributed by atoms with van der Waals surface area (Å²) in [5.41, 5.74) is 5.58. The number of nitrogens with zero attached hydrogens (tertiary/aromatic N) is 1. The van der Waals surface area contributed by atoms with Crippen LogP contribution in [0.3, 0.4) is 0 Å². The highest BCUT2D eigenvalue weighted by Gasteiger charge is 2.23. The number of phenolic OH excluding ortho intramolecular Hbond substituents is 1. The Labute approximate surface area is 121 Å². The molecule has 4 N–H and O–H groups in total. The lowest BCUT2D eigenvalue weighted by Crippen LogP contribution is -2.29. The summed E-state index contributed by atoms with van der Waals surface area (Å²) in [7, 11) is 0. The quantitative estimate of drug-likeness (QED) is 0.591. The summed E-state index contributed by atoms with van der Waals surface area (Å²) in [5, 5.41) is 20.2. The Kier molecular flexibility index (Phi) is 3.91. The van der Waals surface area contributed by atoms with Gasteiger partial charge in [0.15, 0.2) is 0 Å². The topological polar surface area (TPSA) is 104 Å². The Morgan fingerprint density at radius 1 is 1.05 bits per heavy atom. The summed E-state index contributed by atoms with van der Waals surface area (Å²) < 4.78 is 0. The second-order valence-corrected chi connectivity index (χ2v) is 4.47. The van der Waals surface area contributed by atoms with Crippen LogP contribution < -0.4 is 10.8 Å². The molecule has 0 heterocycles. The second-order valence-electron chi connectivity index (χ2n) is 4.47. The monoisotopic (exact) mass is 286 g/mol. The largest absolute Gasteiger partial charge is 0.505 e. The van der Waals surface area contributed by atoms with E-state index in [2.05, 4.69) is 0 Å². The number of phenols is 1. The molecule has 0 spiro atoms. The molecule has 2 aromatic rings. The van der Waals surface area contributed by atoms with E-state index in [1.165, 1.54) is 18.2 Å². The van der Waals surface area contributed by atoms with Crippen LogP contribution in [-0.2, 0) is 0 Å². The minimum atomic E-state index is -0.856. The molecule has 0 radical (unpaired) electrons. The molecule has 0 fully saturated rings. The van der Waals surface area contributed by atoms with Gasteiger partial charge in [-0.3, -0.25) is 14.8 Å². The van der Waals surface area contributed by atoms with E-state index >= 15 is 0 Å². The van der Waals surface area contributed by atoms with E-state index < -0.39 is 11.8 Å². The summed E-state index contributed by atoms with van der Waals surface area (Å²) >= 11 is 0. The van der Waals surface area contributed by atoms with Crippen molar-refractivity contribution in [2.24, 2.45) is 5.73 Å². The van der Waals surface area contributed by atoms with Crippen molar-refractivity contribution in [1.82, 2.24) is 0 Å². The molecule has 0 atom stereocenters. The van der Waals surface area contributed by atoms with Crippen molar-refractivity contribution in [3.05, 3.63) is 59.2 Å². The number of nitrogens with two attached hydrogens (primary N) is 1. The van der Waals surface area contributed by atoms with Gasteiger partial charge >= 0.3 is 0 Å². The van der Waals surface area contributed by atoms with Crippen molar-refractivity contribution in [3.63, 3.8) is 0 Å². The summed E-state index contributed by atoms with van der Waals surface area (Å²) in [6.45, 7) is 1.63. The first-order valence-electron chi connectivity index (χ1n) is 6.14. The van der Waals surface area contributed by atoms with E-state index in [0.717, 1.165) is 0 Å². The molecule has 0 saturated carbocycles. The lowest BCUT2D eigenvalue weighted by atomic mass is 10.1. The third-order valence-electron chi connectivity index (χ3n) is 3.06. The number of aryl methyl sites for hydroxylation is 1. The number of hydrogen-bond acceptors (Lipinski definition) is 4. The number of para-hydroxylation sites is 1. The van der Waals surface area contributed by atoms with Gasteiger partial charge < -0.3 is 10.8 Å². The first-order chi connectivity index (χ1) is 9.93. The average molecular weight is 286 g/mol. The van der Waals surface area contributed by atoms with Gasteiger partial charge in [0.2, 0.25) is 5.91 Å². The van der Waals surface area contributed by atoms with E-state index in [0.29, 0.717) is 10.6 Å². The highest BCUT2D eigenvalue weighted by molar-refractivity contribution is 6.12. The third-order valence-corrected chi connectivity index (χ3v) is 3.06. The van der Waals surface area contributed by atoms with Crippen molar-refractivity contribution < 1.29 is 19.9 Å². The Morgan fingerprint density at radius 3 is 2.29 bits per heavy atom. The predicted molar refractivity (Wildman–Crippen MR) is 76.4 cm³/mol. The fourth-order valence-corrected chi connectivity index (χ4v) is 1.92. The number of carbonyl (C=O) groups excluding carboxylic acids is 2. The maximum Gasteiger partial charge on any atom is 0.282 e. The average Bonchev–Trinajstić information content (AvgIpc) is 2.48. The van der Waals surface area contributed by atoms with Crippen LogP contribution in [0.4, 0.5) is 5.69 Å². The zero-order valence-electron chi connectivity index (χ0n) is 11.3. The number of rotatable bonds is 3. The van der Waals surface area contributed by atoms with Crippen molar-refractivity contribution in [3.8, 4) is 5.75 Å². The van der Waals surface area contributed by atoms with Gasteiger partial charge in [-0.25, -0.2) is 0 Å². The predicted octanol–water partition coefficient (Wildman–Crippen LogP) is 1.84. The van der Waals surface area contributed by atoms with Crippen LogP contribution in [0, 0.1) is 6.92 Å². The van der Waals surface area contributed by atoms with Crippen LogP contribution in [0.15, 0.2) is 42.5 Å². The Balaban J connectivity index is 2.45. The van der Waals surface area contributed by atoms with Crippen LogP contribution in [0.2, 0.25) is 0 Å². The molecule has 0 bridgehead atoms. The van der Waals surface area contributed by atoms with Gasteiger partial charge in [0.1, 0.15) is 11.4 Å². The Hall–Kier alpha value is -2.86. The van der Waals surface area contributed by atoms with Crippen molar-refractivity contribution in [2.45, 2.75) is 6.92 Å². The SMILES string of the molecule is Cc1cccc(N(O)C(=O)c2ccccc2C(N)=O)c1O. The molecule has 6 nitrogen and oxygen atoms in total. The van der Waals surface area contributed by atoms with Crippen molar-refractivity contribution in [2.75, 3.05) is 5.06 Å². The summed E-state index contributed by atoms with van der Waals surface area (Å²) in [6, 6.07) is 10.5. The van der Waals surface area contributed by atoms with Gasteiger partial charge in [0.25, 0.3) is 5.91 Å². The molecular weight excluding hydrogens is 272 g/mol. The maximum atomic E-state index is 12.3. The molecule has 0 aromatic heterocycles. The molecule has 2 aromatic carbocycles. The Morgan fingerprint density at radius 2 is 1.67 bits per heavy atom. The number of anilines is 1. The maximum absolute atomic E-state index is 12.3. The minimum absolute atomic E-state index is 0.00584. The molecule has 2 rings (SSSR count). The fourth-order valence-electron chi connectivity index (χ4n) is 1.92. The summed E-state index contributed by atoms with van der Waals surface area (Å²) in [6.07, 6.45) is 0. The summed E-state index contributed by atoms with van der Waals surface area (Å²) in [5.74, 6) is -1.85. The molecule has 108 valence electrons. The van der Waals surface area contributed by atoms with Crippen LogP contribution in [0.25, 0.3) is 0 Å². The van der Waals surface area contributed by atoms with Crippen LogP contribution >= 0.6 is 0 Å². The highest BCUT2D eigenvalue weighted by atomic mass is 16.5. The molecular formula is C15H14N2O4. The first-order valence-corrected chi connectivity index (χ1v) is 6.14. The number of primary amides is 1. The lowest BCUT2D eigenvalue weighted by molar-refractivity contribution is 0.0845. The number of benzene rings is 2. The smallest absolute Gasteiger partial charge is 0.282 e. The number of amides is 2. The highest BCUT2D eigenvalue weighted by Crippen LogP contribution is 2.30. The molecule has 0 unspecified atom stereocenters. The first kappa shape index (κ1) is 14.5. The van der Waals surface area contributed by atoms with Gasteiger partial charge in [-0.05, 0) is 30.7 Å². The standard InChI is InChI=1S/C15H14N2O4/c1-9-5-4-8-12(13(9)18)17(21)15(20)11-7-3-2-6-10(11)14(16)19/h2-8,18,21H,1H3,(H2,16,19). The molecule has 0 saturated heterocycles. The van der Waals surface area contributed by atoms with Crippen LogP contribution in [-0.4, -0.2) is 22.1 Å². The minimum Gasteiger partial charge on any atom is -0.505 e. The summed E-state index contributed by atoms with van der Waals surface area (Å²) in [4.78, 5) is 23.6. The lowest BCUT2D eigenvalue weighted by Gasteiger charge is -2.18. The Bertz CT molecular complexity index is 713. The zero-order chi connectivity index (χ0) is 15.6. The van der Waals surface area contributed by atoms with Gasteiger partial charge in [-0.15, -0.1) is 0 Å². The third kappa shape index (κ3) is 2.70. The molecule has 6 heteroatoms. The van der Waals surface area contributed by atoms with E-state index in [1.807, 2.05) is 0 Å². The number of hydroxylamine groups is 1. The molecule has 0 aliphatic heterocycles. The van der Waals surface area contributed by atoms with Gasteiger partial charge in [0, 0.05) is 0 Å². The van der Waals surface area contributed by atoms with E-state index in [-0.39, 0.29) is 22.6 Å². The number of aromatic hydroxyl groups is 1. The van der Waals surface area contributed by atoms with Crippen LogP contribution in [0.5, 0.6) is 5.75 Å². The zero-order valence-corrected chi connectivity index (χ0v) is 11.3. The van der Waals surface area contributed by atoms with E-state index in [9.17, 15) is 19.9 Å². The second kappa shape index (κ2) is 5.64. The molecule has 0 aliphatic rings. The van der Waals surface area contributed by atoms with Gasteiger partial charge in [0.05, 0.1) is 11.1 Å². The van der Waals surface area contributed by atoms with Crippen LogP contribution in [0.1, 0.15) is 26.3 Å². The fraction of sp³-hybridized carbons (Fsp3) is 0.0667. The van der Waals surface area contributed by atoms with E-state index in [4.69, 9.17) is 5.73 Å². The number of hydrogen-bond donors (Lipinski definition) is 3. The molecule has 0 aliphatic carbocycles. The van der Waals surface area contributed by atoms with Crippen molar-refractivity contribution >= 4 is 17.5 Å². The van der Waals surface area contributed by atoms with Crippen molar-refractivity contribution in [1.29, 1.82) is 0 Å².